The first-order chi connectivity index (χ1) is 17.8. The molecule has 1 saturated heterocycles. The molecular formula is C24H23F3N4O6S. The van der Waals surface area contributed by atoms with Gasteiger partial charge >= 0.3 is 12.1 Å². The number of phenolic OH excluding ortho intramolecular Hbond substituents is 1. The monoisotopic (exact) mass is 552 g/mol. The van der Waals surface area contributed by atoms with E-state index < -0.39 is 28.2 Å². The topological polar surface area (TPSA) is 162 Å². The molecule has 4 rings (SSSR count). The number of carbonyl (C=O) groups excluding carboxylic acids is 1. The smallest absolute Gasteiger partial charge is 0.490 e. The Labute approximate surface area is 215 Å². The van der Waals surface area contributed by atoms with Gasteiger partial charge in [-0.1, -0.05) is 30.3 Å². The van der Waals surface area contributed by atoms with Crippen LogP contribution in [-0.4, -0.2) is 60.4 Å². The van der Waals surface area contributed by atoms with Crippen LogP contribution in [0.25, 0.3) is 10.8 Å². The highest BCUT2D eigenvalue weighted by molar-refractivity contribution is 7.89. The molecule has 1 atom stereocenters. The van der Waals surface area contributed by atoms with Crippen LogP contribution in [0.5, 0.6) is 5.75 Å². The molecule has 1 aliphatic rings. The van der Waals surface area contributed by atoms with Crippen molar-refractivity contribution >= 4 is 38.9 Å². The van der Waals surface area contributed by atoms with E-state index in [-0.39, 0.29) is 16.6 Å². The van der Waals surface area contributed by atoms with Crippen molar-refractivity contribution in [3.8, 4) is 5.75 Å². The minimum Gasteiger partial charge on any atom is -0.508 e. The first-order valence-electron chi connectivity index (χ1n) is 11.0. The van der Waals surface area contributed by atoms with E-state index in [0.717, 1.165) is 16.5 Å². The third-order valence-corrected chi connectivity index (χ3v) is 6.96. The van der Waals surface area contributed by atoms with Crippen molar-refractivity contribution in [2.24, 2.45) is 10.9 Å². The number of alkyl halides is 3. The minimum atomic E-state index is -5.08. The molecule has 0 radical (unpaired) electrons. The molecule has 0 unspecified atom stereocenters. The van der Waals surface area contributed by atoms with Crippen LogP contribution in [-0.2, 0) is 26.2 Å². The van der Waals surface area contributed by atoms with Crippen molar-refractivity contribution in [1.29, 1.82) is 0 Å². The van der Waals surface area contributed by atoms with Gasteiger partial charge in [-0.15, -0.1) is 0 Å². The van der Waals surface area contributed by atoms with E-state index >= 15 is 0 Å². The molecule has 0 aromatic heterocycles. The zero-order valence-electron chi connectivity index (χ0n) is 19.6. The van der Waals surface area contributed by atoms with E-state index in [9.17, 15) is 31.5 Å². The number of likely N-dealkylation sites (tertiary alicyclic amines) is 1. The van der Waals surface area contributed by atoms with Gasteiger partial charge in [0.25, 0.3) is 0 Å². The van der Waals surface area contributed by atoms with Gasteiger partial charge in [0.15, 0.2) is 0 Å². The average molecular weight is 553 g/mol. The Balaban J connectivity index is 0.000000505. The summed E-state index contributed by atoms with van der Waals surface area (Å²) in [5.74, 6) is 2.28. The first kappa shape index (κ1) is 28.4. The van der Waals surface area contributed by atoms with Gasteiger partial charge in [-0.05, 0) is 58.7 Å². The predicted octanol–water partition coefficient (Wildman–Crippen LogP) is 2.55. The number of amides is 1. The van der Waals surface area contributed by atoms with Crippen molar-refractivity contribution in [2.45, 2.75) is 30.1 Å². The fourth-order valence-corrected chi connectivity index (χ4v) is 4.98. The van der Waals surface area contributed by atoms with Gasteiger partial charge in [0.05, 0.1) is 11.1 Å². The number of fused-ring (bicyclic) bond motifs is 1. The number of hydrogen-bond acceptors (Lipinski definition) is 7. The summed E-state index contributed by atoms with van der Waals surface area (Å²) in [7, 11) is -3.88. The lowest BCUT2D eigenvalue weighted by Crippen LogP contribution is -2.41. The molecule has 0 bridgehead atoms. The second-order valence-corrected chi connectivity index (χ2v) is 9.96. The van der Waals surface area contributed by atoms with Gasteiger partial charge in [-0.25, -0.2) is 13.2 Å². The number of phenols is 1. The molecule has 1 aliphatic heterocycles. The lowest BCUT2D eigenvalue weighted by Gasteiger charge is -2.17. The zero-order chi connectivity index (χ0) is 28.1. The SMILES string of the molecule is NN=Cc1cccc(CN2CC[C@H](NS(=O)(=O)c3ccc4cc(O)ccc4c3)C2=O)c1.O=C(O)C(F)(F)F. The van der Waals surface area contributed by atoms with Gasteiger partial charge in [0.2, 0.25) is 15.9 Å². The van der Waals surface area contributed by atoms with Crippen LogP contribution in [0.3, 0.4) is 0 Å². The molecule has 0 aliphatic carbocycles. The van der Waals surface area contributed by atoms with E-state index in [0.29, 0.717) is 24.9 Å². The number of carboxylic acids is 1. The number of nitrogens with one attached hydrogen (secondary N) is 1. The number of sulfonamides is 1. The summed E-state index contributed by atoms with van der Waals surface area (Å²) in [4.78, 5) is 23.4. The van der Waals surface area contributed by atoms with Crippen molar-refractivity contribution in [3.63, 3.8) is 0 Å². The van der Waals surface area contributed by atoms with Gasteiger partial charge in [-0.3, -0.25) is 4.79 Å². The van der Waals surface area contributed by atoms with E-state index in [1.54, 1.807) is 23.1 Å². The third-order valence-electron chi connectivity index (χ3n) is 5.49. The Morgan fingerprint density at radius 3 is 2.45 bits per heavy atom. The molecule has 5 N–H and O–H groups in total. The number of halogens is 3. The standard InChI is InChI=1S/C22H22N4O4S.C2HF3O2/c23-24-13-15-2-1-3-16(10-15)14-26-9-8-21(22(26)28)25-31(29,30)20-7-5-17-11-19(27)6-4-18(17)12-20;3-2(4,5)1(6)7/h1-7,10-13,21,25,27H,8-9,14,23H2;(H,6,7)/t21-;/m0./s1. The quantitative estimate of drug-likeness (QED) is 0.207. The fraction of sp³-hybridized carbons (Fsp3) is 0.208. The number of hydrogen-bond donors (Lipinski definition) is 4. The minimum absolute atomic E-state index is 0.0747. The molecule has 38 heavy (non-hydrogen) atoms. The first-order valence-corrected chi connectivity index (χ1v) is 12.4. The highest BCUT2D eigenvalue weighted by Gasteiger charge is 2.38. The summed E-state index contributed by atoms with van der Waals surface area (Å²) < 4.78 is 60.0. The number of nitrogens with zero attached hydrogens (tertiary/aromatic N) is 2. The molecule has 3 aromatic carbocycles. The molecular weight excluding hydrogens is 529 g/mol. The number of aromatic hydroxyl groups is 1. The molecule has 0 saturated carbocycles. The highest BCUT2D eigenvalue weighted by atomic mass is 32.2. The van der Waals surface area contributed by atoms with Crippen molar-refractivity contribution < 1.29 is 41.4 Å². The van der Waals surface area contributed by atoms with Crippen LogP contribution in [0.1, 0.15) is 17.5 Å². The molecule has 0 spiro atoms. The van der Waals surface area contributed by atoms with Crippen molar-refractivity contribution in [2.75, 3.05) is 6.54 Å². The van der Waals surface area contributed by atoms with Gasteiger partial charge < -0.3 is 21.0 Å². The second kappa shape index (κ2) is 11.5. The Bertz CT molecular complexity index is 1480. The molecule has 1 amide bonds. The zero-order valence-corrected chi connectivity index (χ0v) is 20.4. The van der Waals surface area contributed by atoms with E-state index in [1.165, 1.54) is 24.4 Å². The average Bonchev–Trinajstić information content (AvgIpc) is 3.17. The van der Waals surface area contributed by atoms with Gasteiger partial charge in [0, 0.05) is 13.1 Å². The van der Waals surface area contributed by atoms with Gasteiger partial charge in [0.1, 0.15) is 11.8 Å². The summed E-state index contributed by atoms with van der Waals surface area (Å²) in [6.07, 6.45) is -3.17. The lowest BCUT2D eigenvalue weighted by atomic mass is 10.1. The second-order valence-electron chi connectivity index (χ2n) is 8.24. The summed E-state index contributed by atoms with van der Waals surface area (Å²) in [6.45, 7) is 0.834. The summed E-state index contributed by atoms with van der Waals surface area (Å²) >= 11 is 0. The van der Waals surface area contributed by atoms with Crippen molar-refractivity contribution in [3.05, 3.63) is 71.8 Å². The van der Waals surface area contributed by atoms with Crippen LogP contribution in [0.4, 0.5) is 13.2 Å². The van der Waals surface area contributed by atoms with Crippen molar-refractivity contribution in [1.82, 2.24) is 9.62 Å². The van der Waals surface area contributed by atoms with E-state index in [1.807, 2.05) is 24.3 Å². The fourth-order valence-electron chi connectivity index (χ4n) is 3.72. The molecule has 10 nitrogen and oxygen atoms in total. The number of hydrazone groups is 1. The number of rotatable bonds is 6. The van der Waals surface area contributed by atoms with E-state index in [2.05, 4.69) is 9.82 Å². The van der Waals surface area contributed by atoms with Crippen LogP contribution in [0.15, 0.2) is 70.7 Å². The largest absolute Gasteiger partial charge is 0.508 e. The lowest BCUT2D eigenvalue weighted by molar-refractivity contribution is -0.192. The summed E-state index contributed by atoms with van der Waals surface area (Å²) in [6, 6.07) is 16.0. The summed E-state index contributed by atoms with van der Waals surface area (Å²) in [5, 5.41) is 21.6. The van der Waals surface area contributed by atoms with Gasteiger partial charge in [-0.2, -0.15) is 23.0 Å². The maximum Gasteiger partial charge on any atom is 0.490 e. The molecule has 202 valence electrons. The molecule has 1 heterocycles. The van der Waals surface area contributed by atoms with E-state index in [4.69, 9.17) is 15.7 Å². The molecule has 14 heteroatoms. The van der Waals surface area contributed by atoms with Crippen LogP contribution in [0.2, 0.25) is 0 Å². The van der Waals surface area contributed by atoms with Crippen LogP contribution < -0.4 is 10.6 Å². The number of carbonyl (C=O) groups is 2. The Morgan fingerprint density at radius 2 is 1.79 bits per heavy atom. The Kier molecular flexibility index (Phi) is 8.58. The Hall–Kier alpha value is -4.17. The highest BCUT2D eigenvalue weighted by Crippen LogP contribution is 2.24. The maximum absolute atomic E-state index is 12.9. The molecule has 1 fully saturated rings. The number of aliphatic carboxylic acids is 1. The predicted molar refractivity (Wildman–Crippen MR) is 132 cm³/mol. The summed E-state index contributed by atoms with van der Waals surface area (Å²) in [5.41, 5.74) is 1.74. The Morgan fingerprint density at radius 1 is 1.13 bits per heavy atom. The number of benzene rings is 3. The maximum atomic E-state index is 12.9. The van der Waals surface area contributed by atoms with Crippen LogP contribution in [0, 0.1) is 0 Å². The number of nitrogens with two attached hydrogens (primary N) is 1. The number of carboxylic acid groups (broad SMARTS) is 1. The third kappa shape index (κ3) is 7.20. The normalized spacial score (nSPS) is 16.0. The van der Waals surface area contributed by atoms with Crippen LogP contribution >= 0.6 is 0 Å². The molecule has 3 aromatic rings.